The van der Waals surface area contributed by atoms with E-state index >= 15 is 0 Å². The molecule has 1 saturated heterocycles. The van der Waals surface area contributed by atoms with Crippen molar-refractivity contribution in [1.82, 2.24) is 29.7 Å². The Labute approximate surface area is 209 Å². The first kappa shape index (κ1) is 24.2. The van der Waals surface area contributed by atoms with Crippen LogP contribution < -0.4 is 5.73 Å². The fraction of sp³-hybridized carbons (Fsp3) is 0.423. The summed E-state index contributed by atoms with van der Waals surface area (Å²) in [7, 11) is 0. The second kappa shape index (κ2) is 9.51. The van der Waals surface area contributed by atoms with Crippen molar-refractivity contribution in [2.24, 2.45) is 0 Å². The number of aromatic nitrogens is 4. The Morgan fingerprint density at radius 3 is 2.61 bits per heavy atom. The standard InChI is InChI=1S/C26H30FN7O2/c1-16-23-21(32-25(28)31-16)11-22(19-5-4-18(27)10-20(19)17-12-29-15-30-13-17)34(24(23)35)14-26(2,3)33-6-8-36-9-7-33/h4-5,10,12-13,15,22H,6-9,11,14H2,1-3H3,(H2,28,31,32). The summed E-state index contributed by atoms with van der Waals surface area (Å²) in [6, 6.07) is 4.24. The highest BCUT2D eigenvalue weighted by Gasteiger charge is 2.41. The van der Waals surface area contributed by atoms with Gasteiger partial charge in [0.1, 0.15) is 12.1 Å². The summed E-state index contributed by atoms with van der Waals surface area (Å²) in [5, 5.41) is 0. The highest BCUT2D eigenvalue weighted by atomic mass is 19.1. The monoisotopic (exact) mass is 491 g/mol. The maximum atomic E-state index is 14.5. The number of hydrogen-bond acceptors (Lipinski definition) is 8. The first-order chi connectivity index (χ1) is 17.2. The van der Waals surface area contributed by atoms with E-state index < -0.39 is 6.04 Å². The SMILES string of the molecule is Cc1nc(N)nc2c1C(=O)N(CC(C)(C)N1CCOCC1)C(c1ccc(F)cc1-c1cncnc1)C2. The number of benzene rings is 1. The van der Waals surface area contributed by atoms with Crippen LogP contribution >= 0.6 is 0 Å². The van der Waals surface area contributed by atoms with Crippen LogP contribution in [0.2, 0.25) is 0 Å². The number of amides is 1. The van der Waals surface area contributed by atoms with Gasteiger partial charge in [0, 0.05) is 49.6 Å². The van der Waals surface area contributed by atoms with Crippen LogP contribution in [0.1, 0.15) is 47.2 Å². The molecular formula is C26H30FN7O2. The molecule has 0 saturated carbocycles. The predicted octanol–water partition coefficient (Wildman–Crippen LogP) is 2.81. The topological polar surface area (TPSA) is 110 Å². The van der Waals surface area contributed by atoms with E-state index in [1.165, 1.54) is 18.5 Å². The van der Waals surface area contributed by atoms with Crippen molar-refractivity contribution in [2.75, 3.05) is 38.6 Å². The Hall–Kier alpha value is -3.50. The number of nitrogens with two attached hydrogens (primary N) is 1. The number of hydrogen-bond donors (Lipinski definition) is 1. The maximum Gasteiger partial charge on any atom is 0.258 e. The molecule has 188 valence electrons. The van der Waals surface area contributed by atoms with Crippen molar-refractivity contribution in [3.63, 3.8) is 0 Å². The zero-order chi connectivity index (χ0) is 25.4. The zero-order valence-electron chi connectivity index (χ0n) is 20.7. The summed E-state index contributed by atoms with van der Waals surface area (Å²) >= 11 is 0. The van der Waals surface area contributed by atoms with Crippen LogP contribution in [0.25, 0.3) is 11.1 Å². The van der Waals surface area contributed by atoms with Crippen molar-refractivity contribution in [1.29, 1.82) is 0 Å². The second-order valence-electron chi connectivity index (χ2n) is 9.91. The van der Waals surface area contributed by atoms with Crippen molar-refractivity contribution in [2.45, 2.75) is 38.8 Å². The molecule has 0 aliphatic carbocycles. The summed E-state index contributed by atoms with van der Waals surface area (Å²) in [6.07, 6.45) is 5.16. The molecular weight excluding hydrogens is 461 g/mol. The number of anilines is 1. The van der Waals surface area contributed by atoms with Gasteiger partial charge in [0.05, 0.1) is 36.2 Å². The normalized spacial score (nSPS) is 18.8. The molecule has 0 spiro atoms. The van der Waals surface area contributed by atoms with Gasteiger partial charge in [0.15, 0.2) is 0 Å². The van der Waals surface area contributed by atoms with E-state index in [9.17, 15) is 9.18 Å². The Balaban J connectivity index is 1.63. The highest BCUT2D eigenvalue weighted by molar-refractivity contribution is 5.98. The molecule has 0 radical (unpaired) electrons. The van der Waals surface area contributed by atoms with Crippen molar-refractivity contribution in [3.05, 3.63) is 65.3 Å². The molecule has 2 N–H and O–H groups in total. The van der Waals surface area contributed by atoms with Gasteiger partial charge in [0.2, 0.25) is 5.95 Å². The van der Waals surface area contributed by atoms with E-state index in [4.69, 9.17) is 10.5 Å². The molecule has 5 rings (SSSR count). The molecule has 9 nitrogen and oxygen atoms in total. The first-order valence-electron chi connectivity index (χ1n) is 12.1. The van der Waals surface area contributed by atoms with Crippen LogP contribution in [0, 0.1) is 12.7 Å². The van der Waals surface area contributed by atoms with Gasteiger partial charge in [-0.1, -0.05) is 6.07 Å². The third kappa shape index (κ3) is 4.54. The van der Waals surface area contributed by atoms with Crippen LogP contribution in [0.4, 0.5) is 10.3 Å². The van der Waals surface area contributed by atoms with E-state index in [0.717, 1.165) is 18.7 Å². The third-order valence-electron chi connectivity index (χ3n) is 7.09. The first-order valence-corrected chi connectivity index (χ1v) is 12.1. The average molecular weight is 492 g/mol. The van der Waals surface area contributed by atoms with Gasteiger partial charge in [-0.15, -0.1) is 0 Å². The number of nitrogens with zero attached hydrogens (tertiary/aromatic N) is 6. The van der Waals surface area contributed by atoms with Gasteiger partial charge in [-0.05, 0) is 44.0 Å². The van der Waals surface area contributed by atoms with Gasteiger partial charge in [-0.25, -0.2) is 24.3 Å². The van der Waals surface area contributed by atoms with Crippen molar-refractivity contribution >= 4 is 11.9 Å². The lowest BCUT2D eigenvalue weighted by molar-refractivity contribution is -0.0245. The number of morpholine rings is 1. The number of carbonyl (C=O) groups excluding carboxylic acids is 1. The largest absolute Gasteiger partial charge is 0.379 e. The van der Waals surface area contributed by atoms with Crippen LogP contribution in [0.15, 0.2) is 36.9 Å². The van der Waals surface area contributed by atoms with E-state index in [1.807, 2.05) is 4.90 Å². The number of fused-ring (bicyclic) bond motifs is 1. The third-order valence-corrected chi connectivity index (χ3v) is 7.09. The van der Waals surface area contributed by atoms with Crippen molar-refractivity contribution < 1.29 is 13.9 Å². The summed E-state index contributed by atoms with van der Waals surface area (Å²) in [5.74, 6) is -0.391. The van der Waals surface area contributed by atoms with Gasteiger partial charge >= 0.3 is 0 Å². The van der Waals surface area contributed by atoms with Crippen LogP contribution in [0.5, 0.6) is 0 Å². The predicted molar refractivity (Wildman–Crippen MR) is 133 cm³/mol. The molecule has 4 heterocycles. The van der Waals surface area contributed by atoms with Crippen LogP contribution in [0.3, 0.4) is 0 Å². The maximum absolute atomic E-state index is 14.5. The number of halogens is 1. The van der Waals surface area contributed by atoms with E-state index in [-0.39, 0.29) is 23.2 Å². The van der Waals surface area contributed by atoms with Gasteiger partial charge < -0.3 is 15.4 Å². The van der Waals surface area contributed by atoms with E-state index in [0.29, 0.717) is 54.3 Å². The summed E-state index contributed by atoms with van der Waals surface area (Å²) < 4.78 is 20.0. The molecule has 3 aromatic rings. The Kier molecular flexibility index (Phi) is 6.40. The fourth-order valence-electron chi connectivity index (χ4n) is 5.31. The van der Waals surface area contributed by atoms with Crippen LogP contribution in [-0.4, -0.2) is 74.0 Å². The van der Waals surface area contributed by atoms with Gasteiger partial charge in [-0.2, -0.15) is 0 Å². The number of nitrogen functional groups attached to an aromatic ring is 1. The smallest absolute Gasteiger partial charge is 0.258 e. The minimum Gasteiger partial charge on any atom is -0.379 e. The number of rotatable bonds is 5. The summed E-state index contributed by atoms with van der Waals surface area (Å²) in [6.45, 7) is 9.42. The molecule has 0 bridgehead atoms. The average Bonchev–Trinajstić information content (AvgIpc) is 2.86. The number of ether oxygens (including phenoxy) is 1. The number of carbonyl (C=O) groups is 1. The van der Waals surface area contributed by atoms with Crippen LogP contribution in [-0.2, 0) is 11.2 Å². The van der Waals surface area contributed by atoms with Gasteiger partial charge in [-0.3, -0.25) is 9.69 Å². The minimum absolute atomic E-state index is 0.135. The van der Waals surface area contributed by atoms with E-state index in [2.05, 4.69) is 38.7 Å². The summed E-state index contributed by atoms with van der Waals surface area (Å²) in [4.78, 5) is 35.2. The molecule has 36 heavy (non-hydrogen) atoms. The molecule has 2 aromatic heterocycles. The Morgan fingerprint density at radius 2 is 1.89 bits per heavy atom. The highest BCUT2D eigenvalue weighted by Crippen LogP contribution is 2.39. The van der Waals surface area contributed by atoms with Crippen molar-refractivity contribution in [3.8, 4) is 11.1 Å². The van der Waals surface area contributed by atoms with E-state index in [1.54, 1.807) is 25.4 Å². The molecule has 1 unspecified atom stereocenters. The molecule has 10 heteroatoms. The lowest BCUT2D eigenvalue weighted by atomic mass is 9.86. The lowest BCUT2D eigenvalue weighted by Gasteiger charge is -2.47. The Morgan fingerprint density at radius 1 is 1.17 bits per heavy atom. The second-order valence-corrected chi connectivity index (χ2v) is 9.91. The molecule has 2 aliphatic heterocycles. The lowest BCUT2D eigenvalue weighted by Crippen LogP contribution is -2.57. The fourth-order valence-corrected chi connectivity index (χ4v) is 5.31. The molecule has 1 amide bonds. The Bertz CT molecular complexity index is 1280. The van der Waals surface area contributed by atoms with Gasteiger partial charge in [0.25, 0.3) is 5.91 Å². The summed E-state index contributed by atoms with van der Waals surface area (Å²) in [5.41, 5.74) is 9.41. The minimum atomic E-state index is -0.394. The number of aryl methyl sites for hydroxylation is 1. The quantitative estimate of drug-likeness (QED) is 0.580. The molecule has 1 aromatic carbocycles. The zero-order valence-corrected chi connectivity index (χ0v) is 20.7. The molecule has 1 atom stereocenters. The molecule has 1 fully saturated rings. The molecule has 2 aliphatic rings.